The Bertz CT molecular complexity index is 1340. The summed E-state index contributed by atoms with van der Waals surface area (Å²) in [6.07, 6.45) is 2.77. The molecule has 0 radical (unpaired) electrons. The first kappa shape index (κ1) is 39.5. The van der Waals surface area contributed by atoms with Gasteiger partial charge in [0.1, 0.15) is 6.04 Å². The topological polar surface area (TPSA) is 209 Å². The Morgan fingerprint density at radius 3 is 1.96 bits per heavy atom. The predicted octanol–water partition coefficient (Wildman–Crippen LogP) is 1.53. The molecule has 12 nitrogen and oxygen atoms in total. The lowest BCUT2D eigenvalue weighted by molar-refractivity contribution is -0.163. The SMILES string of the molecule is CC(CN)CC(NC(=O)[C@@H](Cc1ccccc1)NC(=O)[C@H](CN)Cc1ccccc1)C(=O)CC[C@@H](N)CCC(=O)OC(=O)C1CCNCC1. The Labute approximate surface area is 289 Å². The number of hydrogen-bond donors (Lipinski definition) is 6. The number of hydrogen-bond acceptors (Lipinski definition) is 10. The Hall–Kier alpha value is -3.97. The summed E-state index contributed by atoms with van der Waals surface area (Å²) >= 11 is 0. The number of rotatable bonds is 20. The van der Waals surface area contributed by atoms with Crippen LogP contribution in [0, 0.1) is 17.8 Å². The molecule has 1 heterocycles. The third kappa shape index (κ3) is 14.2. The molecule has 2 aromatic carbocycles. The van der Waals surface area contributed by atoms with Gasteiger partial charge in [-0.3, -0.25) is 24.0 Å². The van der Waals surface area contributed by atoms with Gasteiger partial charge in [-0.1, -0.05) is 67.6 Å². The Morgan fingerprint density at radius 2 is 1.37 bits per heavy atom. The Balaban J connectivity index is 1.61. The van der Waals surface area contributed by atoms with E-state index in [4.69, 9.17) is 21.9 Å². The van der Waals surface area contributed by atoms with Crippen molar-refractivity contribution in [2.45, 2.75) is 82.8 Å². The van der Waals surface area contributed by atoms with Gasteiger partial charge in [-0.05, 0) is 75.2 Å². The summed E-state index contributed by atoms with van der Waals surface area (Å²) in [7, 11) is 0. The van der Waals surface area contributed by atoms with Gasteiger partial charge in [0.25, 0.3) is 0 Å². The van der Waals surface area contributed by atoms with Crippen molar-refractivity contribution >= 4 is 29.5 Å². The van der Waals surface area contributed by atoms with E-state index < -0.39 is 41.9 Å². The molecular weight excluding hydrogens is 624 g/mol. The zero-order valence-electron chi connectivity index (χ0n) is 28.6. The van der Waals surface area contributed by atoms with Crippen LogP contribution in [0.25, 0.3) is 0 Å². The minimum Gasteiger partial charge on any atom is -0.393 e. The van der Waals surface area contributed by atoms with Crippen LogP contribution in [0.15, 0.2) is 60.7 Å². The molecule has 1 aliphatic rings. The molecule has 1 fully saturated rings. The van der Waals surface area contributed by atoms with Crippen LogP contribution in [0.1, 0.15) is 63.0 Å². The van der Waals surface area contributed by atoms with E-state index in [2.05, 4.69) is 16.0 Å². The third-order valence-electron chi connectivity index (χ3n) is 9.01. The monoisotopic (exact) mass is 678 g/mol. The number of carbonyl (C=O) groups is 5. The number of nitrogens with two attached hydrogens (primary N) is 3. The Morgan fingerprint density at radius 1 is 0.796 bits per heavy atom. The fraction of sp³-hybridized carbons (Fsp3) is 0.541. The van der Waals surface area contributed by atoms with Crippen molar-refractivity contribution in [3.63, 3.8) is 0 Å². The van der Waals surface area contributed by atoms with Crippen LogP contribution in [-0.2, 0) is 41.6 Å². The van der Waals surface area contributed by atoms with Gasteiger partial charge < -0.3 is 37.9 Å². The summed E-state index contributed by atoms with van der Waals surface area (Å²) in [5, 5.41) is 8.96. The van der Waals surface area contributed by atoms with Gasteiger partial charge in [-0.2, -0.15) is 0 Å². The van der Waals surface area contributed by atoms with Crippen LogP contribution in [0.5, 0.6) is 0 Å². The molecule has 2 amide bonds. The van der Waals surface area contributed by atoms with E-state index in [-0.39, 0.29) is 62.2 Å². The maximum atomic E-state index is 13.8. The highest BCUT2D eigenvalue weighted by Crippen LogP contribution is 2.16. The number of ether oxygens (including phenoxy) is 1. The van der Waals surface area contributed by atoms with E-state index >= 15 is 0 Å². The standard InChI is InChI=1S/C37H54N6O6/c1-25(23-38)20-31(33(44)14-12-30(40)13-15-34(45)49-37(48)28-16-18-41-19-17-28)42-36(47)32(22-27-10-6-3-7-11-27)43-35(46)29(24-39)21-26-8-4-2-5-9-26/h2-11,25,28-32,41H,12-24,38-40H2,1H3,(H,42,47)(H,43,46)/t25?,29-,30+,31?,32+/m0/s1. The van der Waals surface area contributed by atoms with Crippen LogP contribution < -0.4 is 33.2 Å². The number of amides is 2. The van der Waals surface area contributed by atoms with E-state index in [0.29, 0.717) is 45.3 Å². The van der Waals surface area contributed by atoms with Gasteiger partial charge in [0.05, 0.1) is 17.9 Å². The lowest BCUT2D eigenvalue weighted by atomic mass is 9.94. The normalized spacial score (nSPS) is 16.4. The molecule has 3 rings (SSSR count). The highest BCUT2D eigenvalue weighted by molar-refractivity contribution is 5.93. The van der Waals surface area contributed by atoms with E-state index in [1.54, 1.807) is 0 Å². The molecular formula is C37H54N6O6. The number of Topliss-reactive ketones (excluding diaryl/α,β-unsaturated/α-hetero) is 1. The molecule has 5 atom stereocenters. The lowest BCUT2D eigenvalue weighted by Crippen LogP contribution is -2.54. The first-order valence-electron chi connectivity index (χ1n) is 17.4. The Kier molecular flexibility index (Phi) is 17.1. The van der Waals surface area contributed by atoms with Crippen molar-refractivity contribution in [2.75, 3.05) is 26.2 Å². The molecule has 0 aliphatic carbocycles. The fourth-order valence-electron chi connectivity index (χ4n) is 5.83. The number of nitrogens with one attached hydrogen (secondary N) is 3. The zero-order valence-corrected chi connectivity index (χ0v) is 28.6. The van der Waals surface area contributed by atoms with Crippen molar-refractivity contribution in [1.29, 1.82) is 0 Å². The molecule has 268 valence electrons. The lowest BCUT2D eigenvalue weighted by Gasteiger charge is -2.26. The van der Waals surface area contributed by atoms with Crippen molar-refractivity contribution in [3.05, 3.63) is 71.8 Å². The van der Waals surface area contributed by atoms with E-state index in [1.807, 2.05) is 67.6 Å². The molecule has 0 saturated carbocycles. The van der Waals surface area contributed by atoms with Crippen LogP contribution in [0.2, 0.25) is 0 Å². The second kappa shape index (κ2) is 21.2. The molecule has 1 aliphatic heterocycles. The maximum absolute atomic E-state index is 13.8. The van der Waals surface area contributed by atoms with Crippen LogP contribution >= 0.6 is 0 Å². The van der Waals surface area contributed by atoms with Gasteiger partial charge in [0.15, 0.2) is 5.78 Å². The second-order valence-electron chi connectivity index (χ2n) is 13.1. The number of ketones is 1. The number of piperidine rings is 1. The maximum Gasteiger partial charge on any atom is 0.316 e. The smallest absolute Gasteiger partial charge is 0.316 e. The quantitative estimate of drug-likeness (QED) is 0.0879. The first-order valence-corrected chi connectivity index (χ1v) is 17.4. The van der Waals surface area contributed by atoms with Crippen molar-refractivity contribution in [3.8, 4) is 0 Å². The van der Waals surface area contributed by atoms with Crippen LogP contribution in [0.3, 0.4) is 0 Å². The minimum atomic E-state index is -0.955. The summed E-state index contributed by atoms with van der Waals surface area (Å²) in [6.45, 7) is 3.74. The van der Waals surface area contributed by atoms with Crippen molar-refractivity contribution < 1.29 is 28.7 Å². The van der Waals surface area contributed by atoms with E-state index in [1.165, 1.54) is 0 Å². The zero-order chi connectivity index (χ0) is 35.6. The predicted molar refractivity (Wildman–Crippen MR) is 188 cm³/mol. The highest BCUT2D eigenvalue weighted by Gasteiger charge is 2.30. The van der Waals surface area contributed by atoms with Crippen molar-refractivity contribution in [1.82, 2.24) is 16.0 Å². The van der Waals surface area contributed by atoms with E-state index in [9.17, 15) is 24.0 Å². The average Bonchev–Trinajstić information content (AvgIpc) is 3.12. The van der Waals surface area contributed by atoms with Gasteiger partial charge >= 0.3 is 11.9 Å². The third-order valence-corrected chi connectivity index (χ3v) is 9.01. The van der Waals surface area contributed by atoms with Crippen LogP contribution in [0.4, 0.5) is 0 Å². The molecule has 49 heavy (non-hydrogen) atoms. The first-order chi connectivity index (χ1) is 23.6. The molecule has 0 aromatic heterocycles. The molecule has 2 unspecified atom stereocenters. The summed E-state index contributed by atoms with van der Waals surface area (Å²) in [6, 6.07) is 16.6. The fourth-order valence-corrected chi connectivity index (χ4v) is 5.83. The minimum absolute atomic E-state index is 0.0363. The molecule has 0 spiro atoms. The van der Waals surface area contributed by atoms with Crippen molar-refractivity contribution in [2.24, 2.45) is 35.0 Å². The average molecular weight is 679 g/mol. The number of esters is 2. The molecule has 9 N–H and O–H groups in total. The van der Waals surface area contributed by atoms with Gasteiger partial charge in [0.2, 0.25) is 11.8 Å². The molecule has 2 aromatic rings. The van der Waals surface area contributed by atoms with Gasteiger partial charge in [-0.25, -0.2) is 0 Å². The molecule has 0 bridgehead atoms. The number of benzene rings is 2. The van der Waals surface area contributed by atoms with Gasteiger partial charge in [0, 0.05) is 31.8 Å². The second-order valence-corrected chi connectivity index (χ2v) is 13.1. The summed E-state index contributed by atoms with van der Waals surface area (Å²) in [4.78, 5) is 65.3. The van der Waals surface area contributed by atoms with E-state index in [0.717, 1.165) is 11.1 Å². The summed E-state index contributed by atoms with van der Waals surface area (Å²) < 4.78 is 5.02. The molecule has 1 saturated heterocycles. The van der Waals surface area contributed by atoms with Gasteiger partial charge in [-0.15, -0.1) is 0 Å². The summed E-state index contributed by atoms with van der Waals surface area (Å²) in [5.74, 6) is -3.07. The largest absolute Gasteiger partial charge is 0.393 e. The summed E-state index contributed by atoms with van der Waals surface area (Å²) in [5.41, 5.74) is 19.9. The molecule has 12 heteroatoms. The van der Waals surface area contributed by atoms with Crippen LogP contribution in [-0.4, -0.2) is 73.8 Å². The number of carbonyl (C=O) groups excluding carboxylic acids is 5. The highest BCUT2D eigenvalue weighted by atomic mass is 16.6.